The van der Waals surface area contributed by atoms with Crippen LogP contribution in [-0.2, 0) is 11.2 Å². The van der Waals surface area contributed by atoms with Gasteiger partial charge in [0.15, 0.2) is 0 Å². The van der Waals surface area contributed by atoms with Crippen molar-refractivity contribution in [3.05, 3.63) is 23.7 Å². The Morgan fingerprint density at radius 3 is 3.14 bits per heavy atom. The van der Waals surface area contributed by atoms with Crippen LogP contribution in [0.3, 0.4) is 0 Å². The van der Waals surface area contributed by atoms with Gasteiger partial charge < -0.3 is 14.9 Å². The number of furan rings is 1. The Hall–Kier alpha value is -0.800. The van der Waals surface area contributed by atoms with Crippen LogP contribution in [0.15, 0.2) is 16.7 Å². The van der Waals surface area contributed by atoms with Gasteiger partial charge in [0.05, 0.1) is 12.9 Å². The smallest absolute Gasteiger partial charge is 0.108 e. The number of hydrogen-bond acceptors (Lipinski definition) is 3. The molecule has 1 aliphatic heterocycles. The SMILES string of the molecule is CCc1occc1C(N)C1CCOC1. The summed E-state index contributed by atoms with van der Waals surface area (Å²) >= 11 is 0. The van der Waals surface area contributed by atoms with E-state index in [1.807, 2.05) is 6.07 Å². The molecule has 0 amide bonds. The molecule has 3 heteroatoms. The molecule has 2 rings (SSSR count). The Balaban J connectivity index is 2.12. The summed E-state index contributed by atoms with van der Waals surface area (Å²) in [6.45, 7) is 3.72. The van der Waals surface area contributed by atoms with Gasteiger partial charge in [-0.3, -0.25) is 0 Å². The first-order valence-electron chi connectivity index (χ1n) is 5.22. The first-order valence-corrected chi connectivity index (χ1v) is 5.22. The summed E-state index contributed by atoms with van der Waals surface area (Å²) in [6, 6.07) is 2.06. The number of nitrogens with two attached hydrogens (primary N) is 1. The highest BCUT2D eigenvalue weighted by Crippen LogP contribution is 2.29. The molecular weight excluding hydrogens is 178 g/mol. The first-order chi connectivity index (χ1) is 6.83. The second kappa shape index (κ2) is 4.15. The van der Waals surface area contributed by atoms with Crippen LogP contribution in [0.5, 0.6) is 0 Å². The van der Waals surface area contributed by atoms with Gasteiger partial charge in [0.25, 0.3) is 0 Å². The van der Waals surface area contributed by atoms with Gasteiger partial charge in [-0.25, -0.2) is 0 Å². The molecule has 1 saturated heterocycles. The largest absolute Gasteiger partial charge is 0.469 e. The average Bonchev–Trinajstić information content (AvgIpc) is 2.87. The van der Waals surface area contributed by atoms with Crippen molar-refractivity contribution in [1.82, 2.24) is 0 Å². The lowest BCUT2D eigenvalue weighted by Gasteiger charge is -2.17. The molecule has 2 unspecified atom stereocenters. The fourth-order valence-electron chi connectivity index (χ4n) is 2.02. The van der Waals surface area contributed by atoms with Crippen molar-refractivity contribution < 1.29 is 9.15 Å². The molecule has 0 aliphatic carbocycles. The normalized spacial score (nSPS) is 24.0. The minimum Gasteiger partial charge on any atom is -0.469 e. The lowest BCUT2D eigenvalue weighted by Crippen LogP contribution is -2.22. The van der Waals surface area contributed by atoms with Crippen molar-refractivity contribution in [3.8, 4) is 0 Å². The highest BCUT2D eigenvalue weighted by molar-refractivity contribution is 5.22. The molecule has 14 heavy (non-hydrogen) atoms. The summed E-state index contributed by atoms with van der Waals surface area (Å²) in [4.78, 5) is 0. The van der Waals surface area contributed by atoms with E-state index in [1.54, 1.807) is 6.26 Å². The van der Waals surface area contributed by atoms with E-state index in [-0.39, 0.29) is 6.04 Å². The van der Waals surface area contributed by atoms with Gasteiger partial charge in [0.2, 0.25) is 0 Å². The number of hydrogen-bond donors (Lipinski definition) is 1. The summed E-state index contributed by atoms with van der Waals surface area (Å²) in [5.74, 6) is 1.47. The summed E-state index contributed by atoms with van der Waals surface area (Å²) in [5.41, 5.74) is 7.34. The zero-order chi connectivity index (χ0) is 9.97. The maximum Gasteiger partial charge on any atom is 0.108 e. The van der Waals surface area contributed by atoms with E-state index in [2.05, 4.69) is 6.92 Å². The highest BCUT2D eigenvalue weighted by atomic mass is 16.5. The van der Waals surface area contributed by atoms with Crippen LogP contribution in [0.2, 0.25) is 0 Å². The van der Waals surface area contributed by atoms with Crippen molar-refractivity contribution in [2.24, 2.45) is 11.7 Å². The summed E-state index contributed by atoms with van der Waals surface area (Å²) in [7, 11) is 0. The standard InChI is InChI=1S/C11H17NO2/c1-2-10-9(4-6-14-10)11(12)8-3-5-13-7-8/h4,6,8,11H,2-3,5,7,12H2,1H3. The molecule has 2 atom stereocenters. The monoisotopic (exact) mass is 195 g/mol. The van der Waals surface area contributed by atoms with E-state index < -0.39 is 0 Å². The van der Waals surface area contributed by atoms with E-state index in [0.29, 0.717) is 5.92 Å². The lowest BCUT2D eigenvalue weighted by molar-refractivity contribution is 0.180. The fraction of sp³-hybridized carbons (Fsp3) is 0.636. The Labute approximate surface area is 84.2 Å². The van der Waals surface area contributed by atoms with Crippen molar-refractivity contribution in [3.63, 3.8) is 0 Å². The quantitative estimate of drug-likeness (QED) is 0.801. The molecule has 1 aliphatic rings. The number of aryl methyl sites for hydroxylation is 1. The second-order valence-electron chi connectivity index (χ2n) is 3.80. The number of ether oxygens (including phenoxy) is 1. The van der Waals surface area contributed by atoms with Crippen molar-refractivity contribution in [1.29, 1.82) is 0 Å². The van der Waals surface area contributed by atoms with Crippen LogP contribution in [0.25, 0.3) is 0 Å². The molecule has 2 N–H and O–H groups in total. The van der Waals surface area contributed by atoms with Gasteiger partial charge in [0.1, 0.15) is 5.76 Å². The Kier molecular flexibility index (Phi) is 2.89. The minimum atomic E-state index is 0.0752. The summed E-state index contributed by atoms with van der Waals surface area (Å²) in [5, 5.41) is 0. The Bertz CT molecular complexity index is 289. The number of rotatable bonds is 3. The molecule has 0 radical (unpaired) electrons. The van der Waals surface area contributed by atoms with Gasteiger partial charge in [-0.2, -0.15) is 0 Å². The van der Waals surface area contributed by atoms with Crippen molar-refractivity contribution >= 4 is 0 Å². The molecule has 78 valence electrons. The Morgan fingerprint density at radius 1 is 1.64 bits per heavy atom. The minimum absolute atomic E-state index is 0.0752. The third kappa shape index (κ3) is 1.70. The van der Waals surface area contributed by atoms with E-state index in [4.69, 9.17) is 14.9 Å². The van der Waals surface area contributed by atoms with E-state index in [9.17, 15) is 0 Å². The fourth-order valence-corrected chi connectivity index (χ4v) is 2.02. The van der Waals surface area contributed by atoms with Gasteiger partial charge in [-0.1, -0.05) is 6.92 Å². The van der Waals surface area contributed by atoms with Crippen molar-refractivity contribution in [2.45, 2.75) is 25.8 Å². The second-order valence-corrected chi connectivity index (χ2v) is 3.80. The van der Waals surface area contributed by atoms with E-state index >= 15 is 0 Å². The van der Waals surface area contributed by atoms with Crippen LogP contribution in [-0.4, -0.2) is 13.2 Å². The van der Waals surface area contributed by atoms with Crippen LogP contribution < -0.4 is 5.73 Å². The zero-order valence-electron chi connectivity index (χ0n) is 8.53. The van der Waals surface area contributed by atoms with Crippen LogP contribution in [0.1, 0.15) is 30.7 Å². The van der Waals surface area contributed by atoms with Crippen molar-refractivity contribution in [2.75, 3.05) is 13.2 Å². The van der Waals surface area contributed by atoms with Gasteiger partial charge in [0, 0.05) is 30.6 Å². The lowest BCUT2D eigenvalue weighted by atomic mass is 9.93. The third-order valence-electron chi connectivity index (χ3n) is 2.93. The maximum atomic E-state index is 6.18. The Morgan fingerprint density at radius 2 is 2.50 bits per heavy atom. The first kappa shape index (κ1) is 9.74. The summed E-state index contributed by atoms with van der Waals surface area (Å²) in [6.07, 6.45) is 3.70. The van der Waals surface area contributed by atoms with Crippen LogP contribution >= 0.6 is 0 Å². The van der Waals surface area contributed by atoms with Gasteiger partial charge >= 0.3 is 0 Å². The van der Waals surface area contributed by atoms with Gasteiger partial charge in [-0.15, -0.1) is 0 Å². The molecule has 0 saturated carbocycles. The molecule has 1 fully saturated rings. The predicted molar refractivity (Wildman–Crippen MR) is 53.9 cm³/mol. The average molecular weight is 195 g/mol. The molecule has 0 spiro atoms. The van der Waals surface area contributed by atoms with Crippen LogP contribution in [0, 0.1) is 5.92 Å². The molecule has 3 nitrogen and oxygen atoms in total. The molecule has 2 heterocycles. The summed E-state index contributed by atoms with van der Waals surface area (Å²) < 4.78 is 10.7. The molecule has 0 aromatic carbocycles. The topological polar surface area (TPSA) is 48.4 Å². The third-order valence-corrected chi connectivity index (χ3v) is 2.93. The molecule has 1 aromatic heterocycles. The van der Waals surface area contributed by atoms with E-state index in [1.165, 1.54) is 0 Å². The van der Waals surface area contributed by atoms with Crippen LogP contribution in [0.4, 0.5) is 0 Å². The van der Waals surface area contributed by atoms with E-state index in [0.717, 1.165) is 37.4 Å². The molecule has 1 aromatic rings. The molecular formula is C11H17NO2. The highest BCUT2D eigenvalue weighted by Gasteiger charge is 2.26. The zero-order valence-corrected chi connectivity index (χ0v) is 8.53. The maximum absolute atomic E-state index is 6.18. The van der Waals surface area contributed by atoms with Gasteiger partial charge in [-0.05, 0) is 12.5 Å². The molecule has 0 bridgehead atoms. The predicted octanol–water partition coefficient (Wildman–Crippen LogP) is 1.88.